The Morgan fingerprint density at radius 3 is 2.17 bits per heavy atom. The molecule has 38 valence electrons. The fourth-order valence-corrected chi connectivity index (χ4v) is 0.500. The van der Waals surface area contributed by atoms with E-state index in [0.717, 1.165) is 0 Å². The summed E-state index contributed by atoms with van der Waals surface area (Å²) in [6, 6.07) is 0. The van der Waals surface area contributed by atoms with Gasteiger partial charge in [-0.2, -0.15) is 0 Å². The van der Waals surface area contributed by atoms with Crippen LogP contribution in [0.4, 0.5) is 0 Å². The van der Waals surface area contributed by atoms with Crippen LogP contribution in [0.1, 0.15) is 13.8 Å². The number of hydrogen-bond donors (Lipinski definition) is 2. The summed E-state index contributed by atoms with van der Waals surface area (Å²) in [5, 5.41) is 2.59. The van der Waals surface area contributed by atoms with Crippen molar-refractivity contribution in [3.8, 4) is 0 Å². The Labute approximate surface area is 40.3 Å². The van der Waals surface area contributed by atoms with E-state index in [1.54, 1.807) is 0 Å². The first-order valence-electron chi connectivity index (χ1n) is 1.98. The van der Waals surface area contributed by atoms with Gasteiger partial charge in [-0.15, -0.1) is 0 Å². The van der Waals surface area contributed by atoms with Crippen LogP contribution in [-0.4, -0.2) is 5.66 Å². The maximum Gasteiger partial charge on any atom is -0.0150 e. The van der Waals surface area contributed by atoms with Crippen LogP contribution in [-0.2, 0) is 0 Å². The maximum absolute atomic E-state index is 4.99. The van der Waals surface area contributed by atoms with Crippen LogP contribution in [0.5, 0.6) is 0 Å². The third-order valence-corrected chi connectivity index (χ3v) is 1.12. The van der Waals surface area contributed by atoms with Crippen molar-refractivity contribution in [1.29, 1.82) is 0 Å². The smallest absolute Gasteiger partial charge is 0.0150 e. The van der Waals surface area contributed by atoms with Crippen LogP contribution >= 0.6 is 8.73 Å². The molecule has 0 spiro atoms. The second-order valence-corrected chi connectivity index (χ2v) is 3.18. The number of hydrogen-bond acceptors (Lipinski definition) is 2. The van der Waals surface area contributed by atoms with Gasteiger partial charge in [0, 0.05) is 0 Å². The lowest BCUT2D eigenvalue weighted by Gasteiger charge is -1.98. The standard InChI is InChI=1S/C3H11N2P/c1-3(2)6-5-4/h3,5-6H,4H2,1-2H3. The van der Waals surface area contributed by atoms with Gasteiger partial charge in [-0.05, 0) is 14.4 Å². The van der Waals surface area contributed by atoms with Crippen molar-refractivity contribution in [3.05, 3.63) is 0 Å². The van der Waals surface area contributed by atoms with E-state index in [-0.39, 0.29) is 0 Å². The van der Waals surface area contributed by atoms with Crippen LogP contribution in [0.15, 0.2) is 0 Å². The average Bonchev–Trinajstić information content (AvgIpc) is 1.35. The Kier molecular flexibility index (Phi) is 3.74. The van der Waals surface area contributed by atoms with Crippen LogP contribution in [0.25, 0.3) is 0 Å². The van der Waals surface area contributed by atoms with Crippen LogP contribution in [0, 0.1) is 0 Å². The Balaban J connectivity index is 2.63. The monoisotopic (exact) mass is 106 g/mol. The molecule has 0 aromatic heterocycles. The molecule has 0 aromatic carbocycles. The highest BCUT2D eigenvalue weighted by Gasteiger charge is 1.84. The van der Waals surface area contributed by atoms with E-state index < -0.39 is 0 Å². The molecular formula is C3H11N2P. The molecule has 0 fully saturated rings. The van der Waals surface area contributed by atoms with Crippen molar-refractivity contribution in [2.75, 3.05) is 0 Å². The summed E-state index contributed by atoms with van der Waals surface area (Å²) in [7, 11) is 0.699. The lowest BCUT2D eigenvalue weighted by molar-refractivity contribution is 1.03. The molecule has 3 heteroatoms. The molecule has 0 heterocycles. The van der Waals surface area contributed by atoms with E-state index in [1.807, 2.05) is 0 Å². The number of nitrogens with one attached hydrogen (secondary N) is 1. The summed E-state index contributed by atoms with van der Waals surface area (Å²) in [5.41, 5.74) is 0.690. The van der Waals surface area contributed by atoms with E-state index in [2.05, 4.69) is 19.0 Å². The highest BCUT2D eigenvalue weighted by Crippen LogP contribution is 2.08. The lowest BCUT2D eigenvalue weighted by Crippen LogP contribution is -2.12. The molecule has 0 rings (SSSR count). The molecule has 3 N–H and O–H groups in total. The fourth-order valence-electron chi connectivity index (χ4n) is 0.167. The van der Waals surface area contributed by atoms with Gasteiger partial charge in [0.05, 0.1) is 0 Å². The zero-order valence-electron chi connectivity index (χ0n) is 4.15. The maximum atomic E-state index is 4.99. The van der Waals surface area contributed by atoms with Crippen molar-refractivity contribution in [2.24, 2.45) is 5.84 Å². The Morgan fingerprint density at radius 2 is 2.17 bits per heavy atom. The first-order chi connectivity index (χ1) is 2.77. The van der Waals surface area contributed by atoms with Gasteiger partial charge in [-0.25, -0.2) is 5.20 Å². The van der Waals surface area contributed by atoms with Crippen LogP contribution in [0.2, 0.25) is 0 Å². The van der Waals surface area contributed by atoms with Gasteiger partial charge in [0.1, 0.15) is 0 Å². The Bertz CT molecular complexity index is 30.0. The third-order valence-electron chi connectivity index (χ3n) is 0.372. The van der Waals surface area contributed by atoms with Gasteiger partial charge in [0.15, 0.2) is 0 Å². The Morgan fingerprint density at radius 1 is 1.67 bits per heavy atom. The lowest BCUT2D eigenvalue weighted by atomic mass is 10.6. The van der Waals surface area contributed by atoms with E-state index in [9.17, 15) is 0 Å². The normalized spacial score (nSPS) is 12.0. The average molecular weight is 106 g/mol. The summed E-state index contributed by atoms with van der Waals surface area (Å²) in [5.74, 6) is 4.99. The second-order valence-electron chi connectivity index (χ2n) is 1.44. The minimum Gasteiger partial charge on any atom is -0.268 e. The fraction of sp³-hybridized carbons (Fsp3) is 1.00. The summed E-state index contributed by atoms with van der Waals surface area (Å²) < 4.78 is 0. The zero-order chi connectivity index (χ0) is 4.99. The van der Waals surface area contributed by atoms with Crippen LogP contribution < -0.4 is 11.0 Å². The second kappa shape index (κ2) is 3.54. The first-order valence-corrected chi connectivity index (χ1v) is 3.06. The van der Waals surface area contributed by atoms with Crippen molar-refractivity contribution >= 4 is 8.73 Å². The third kappa shape index (κ3) is 4.35. The molecule has 1 atom stereocenters. The van der Waals surface area contributed by atoms with Crippen molar-refractivity contribution < 1.29 is 0 Å². The van der Waals surface area contributed by atoms with E-state index in [1.165, 1.54) is 0 Å². The molecule has 0 saturated carbocycles. The predicted molar refractivity (Wildman–Crippen MR) is 30.8 cm³/mol. The predicted octanol–water partition coefficient (Wildman–Crippen LogP) is 0.452. The molecule has 0 aliphatic carbocycles. The highest BCUT2D eigenvalue weighted by molar-refractivity contribution is 7.36. The zero-order valence-corrected chi connectivity index (χ0v) is 5.15. The van der Waals surface area contributed by atoms with E-state index in [0.29, 0.717) is 14.4 Å². The molecule has 0 amide bonds. The molecule has 6 heavy (non-hydrogen) atoms. The minimum atomic E-state index is 0.690. The number of hydrazine groups is 1. The minimum absolute atomic E-state index is 0.690. The van der Waals surface area contributed by atoms with Crippen molar-refractivity contribution in [3.63, 3.8) is 0 Å². The van der Waals surface area contributed by atoms with E-state index >= 15 is 0 Å². The molecule has 0 aliphatic rings. The number of nitrogens with two attached hydrogens (primary N) is 1. The molecule has 0 bridgehead atoms. The molecule has 0 aliphatic heterocycles. The molecule has 0 radical (unpaired) electrons. The topological polar surface area (TPSA) is 38.0 Å². The Hall–Kier alpha value is 0.350. The van der Waals surface area contributed by atoms with Gasteiger partial charge in [0.2, 0.25) is 0 Å². The van der Waals surface area contributed by atoms with Gasteiger partial charge >= 0.3 is 0 Å². The van der Waals surface area contributed by atoms with Gasteiger partial charge in [-0.3, -0.25) is 5.84 Å². The van der Waals surface area contributed by atoms with Gasteiger partial charge in [-0.1, -0.05) is 13.8 Å². The first kappa shape index (κ1) is 6.35. The van der Waals surface area contributed by atoms with E-state index in [4.69, 9.17) is 5.84 Å². The highest BCUT2D eigenvalue weighted by atomic mass is 31.1. The summed E-state index contributed by atoms with van der Waals surface area (Å²) in [6.45, 7) is 4.25. The molecular weight excluding hydrogens is 95.0 g/mol. The quantitative estimate of drug-likeness (QED) is 0.305. The van der Waals surface area contributed by atoms with Crippen LogP contribution in [0.3, 0.4) is 0 Å². The van der Waals surface area contributed by atoms with Crippen molar-refractivity contribution in [2.45, 2.75) is 19.5 Å². The van der Waals surface area contributed by atoms with Gasteiger partial charge < -0.3 is 0 Å². The summed E-state index contributed by atoms with van der Waals surface area (Å²) in [6.07, 6.45) is 0. The molecule has 2 nitrogen and oxygen atoms in total. The molecule has 1 unspecified atom stereocenters. The summed E-state index contributed by atoms with van der Waals surface area (Å²) >= 11 is 0. The molecule has 0 saturated heterocycles. The van der Waals surface area contributed by atoms with Crippen molar-refractivity contribution in [1.82, 2.24) is 5.20 Å². The van der Waals surface area contributed by atoms with Gasteiger partial charge in [0.25, 0.3) is 0 Å². The summed E-state index contributed by atoms with van der Waals surface area (Å²) in [4.78, 5) is 0. The number of rotatable bonds is 2. The molecule has 0 aromatic rings. The SMILES string of the molecule is CC(C)PNN. The largest absolute Gasteiger partial charge is 0.268 e.